The van der Waals surface area contributed by atoms with Crippen molar-refractivity contribution in [2.45, 2.75) is 28.1 Å². The lowest BCUT2D eigenvalue weighted by atomic mass is 10.2. The lowest BCUT2D eigenvalue weighted by molar-refractivity contribution is -0.117. The molecule has 112 valence electrons. The number of nitrogens with one attached hydrogen (secondary N) is 1. The highest BCUT2D eigenvalue weighted by molar-refractivity contribution is 7.89. The molecule has 0 heterocycles. The highest BCUT2D eigenvalue weighted by Gasteiger charge is 2.36. The minimum absolute atomic E-state index is 0.0373. The molecule has 0 aliphatic carbocycles. The van der Waals surface area contributed by atoms with Gasteiger partial charge in [-0.15, -0.1) is 0 Å². The number of carbonyl (C=O) groups is 1. The van der Waals surface area contributed by atoms with Crippen molar-refractivity contribution >= 4 is 62.2 Å². The van der Waals surface area contributed by atoms with E-state index in [1.54, 1.807) is 0 Å². The van der Waals surface area contributed by atoms with Gasteiger partial charge in [-0.1, -0.05) is 46.4 Å². The molecule has 1 aromatic carbocycles. The highest BCUT2D eigenvalue weighted by atomic mass is 35.6. The van der Waals surface area contributed by atoms with Gasteiger partial charge < -0.3 is 0 Å². The van der Waals surface area contributed by atoms with Crippen molar-refractivity contribution in [1.82, 2.24) is 4.72 Å². The van der Waals surface area contributed by atoms with Gasteiger partial charge in [0.15, 0.2) is 0 Å². The summed E-state index contributed by atoms with van der Waals surface area (Å²) in [6, 6.07) is 4.31. The van der Waals surface area contributed by atoms with Crippen LogP contribution in [-0.2, 0) is 14.8 Å². The third kappa shape index (κ3) is 5.39. The van der Waals surface area contributed by atoms with Crippen LogP contribution < -0.4 is 4.72 Å². The van der Waals surface area contributed by atoms with Gasteiger partial charge in [0.1, 0.15) is 5.78 Å². The van der Waals surface area contributed by atoms with Gasteiger partial charge in [-0.2, -0.15) is 0 Å². The third-order valence-corrected chi connectivity index (χ3v) is 4.84. The Hall–Kier alpha value is -0.0400. The SMILES string of the molecule is CC(=O)CC(NS(=O)(=O)c1ccc(Cl)cc1)C(Cl)(Cl)Cl. The van der Waals surface area contributed by atoms with Crippen molar-refractivity contribution in [3.8, 4) is 0 Å². The summed E-state index contributed by atoms with van der Waals surface area (Å²) in [7, 11) is -3.92. The van der Waals surface area contributed by atoms with E-state index in [-0.39, 0.29) is 17.1 Å². The molecule has 0 aliphatic heterocycles. The molecule has 1 rings (SSSR count). The summed E-state index contributed by atoms with van der Waals surface area (Å²) >= 11 is 22.8. The van der Waals surface area contributed by atoms with Crippen molar-refractivity contribution in [2.75, 3.05) is 0 Å². The van der Waals surface area contributed by atoms with Crippen LogP contribution in [0.25, 0.3) is 0 Å². The summed E-state index contributed by atoms with van der Waals surface area (Å²) in [5, 5.41) is 0.394. The van der Waals surface area contributed by atoms with E-state index >= 15 is 0 Å². The molecule has 0 spiro atoms. The summed E-state index contributed by atoms with van der Waals surface area (Å²) in [6.07, 6.45) is -0.233. The first-order chi connectivity index (χ1) is 9.02. The fourth-order valence-electron chi connectivity index (χ4n) is 1.38. The Morgan fingerprint density at radius 2 is 1.75 bits per heavy atom. The molecule has 9 heteroatoms. The number of carbonyl (C=O) groups excluding carboxylic acids is 1. The first-order valence-corrected chi connectivity index (χ1v) is 8.36. The maximum Gasteiger partial charge on any atom is 0.240 e. The fourth-order valence-corrected chi connectivity index (χ4v) is 3.36. The summed E-state index contributed by atoms with van der Waals surface area (Å²) in [5.41, 5.74) is 0. The molecule has 0 aromatic heterocycles. The van der Waals surface area contributed by atoms with E-state index in [1.807, 2.05) is 0 Å². The molecule has 20 heavy (non-hydrogen) atoms. The predicted octanol–water partition coefficient (Wildman–Crippen LogP) is 3.34. The van der Waals surface area contributed by atoms with Gasteiger partial charge in [0, 0.05) is 11.4 Å². The van der Waals surface area contributed by atoms with E-state index in [2.05, 4.69) is 4.72 Å². The molecule has 0 amide bonds. The topological polar surface area (TPSA) is 63.2 Å². The van der Waals surface area contributed by atoms with E-state index in [9.17, 15) is 13.2 Å². The predicted molar refractivity (Wildman–Crippen MR) is 81.1 cm³/mol. The van der Waals surface area contributed by atoms with Crippen molar-refractivity contribution in [1.29, 1.82) is 0 Å². The minimum Gasteiger partial charge on any atom is -0.300 e. The molecule has 0 bridgehead atoms. The van der Waals surface area contributed by atoms with E-state index in [4.69, 9.17) is 46.4 Å². The Kier molecular flexibility index (Phi) is 6.14. The second-order valence-corrected chi connectivity index (χ2v) is 8.59. The maximum atomic E-state index is 12.1. The number of ketones is 1. The summed E-state index contributed by atoms with van der Waals surface area (Å²) in [5.74, 6) is -0.305. The second-order valence-electron chi connectivity index (χ2n) is 4.08. The molecule has 0 saturated carbocycles. The lowest BCUT2D eigenvalue weighted by Gasteiger charge is -2.24. The van der Waals surface area contributed by atoms with Crippen LogP contribution in [0.15, 0.2) is 29.2 Å². The standard InChI is InChI=1S/C11H11Cl4NO3S/c1-7(17)6-10(11(13,14)15)16-20(18,19)9-4-2-8(12)3-5-9/h2-5,10,16H,6H2,1H3. The number of benzene rings is 1. The van der Waals surface area contributed by atoms with Crippen LogP contribution >= 0.6 is 46.4 Å². The van der Waals surface area contributed by atoms with Crippen LogP contribution in [0.1, 0.15) is 13.3 Å². The Labute approximate surface area is 137 Å². The highest BCUT2D eigenvalue weighted by Crippen LogP contribution is 2.33. The van der Waals surface area contributed by atoms with E-state index in [1.165, 1.54) is 31.2 Å². The molecule has 1 N–H and O–H groups in total. The number of hydrogen-bond acceptors (Lipinski definition) is 3. The monoisotopic (exact) mass is 377 g/mol. The average molecular weight is 379 g/mol. The van der Waals surface area contributed by atoms with Crippen LogP contribution in [0.3, 0.4) is 0 Å². The zero-order valence-electron chi connectivity index (χ0n) is 10.2. The minimum atomic E-state index is -3.92. The van der Waals surface area contributed by atoms with Gasteiger partial charge in [0.05, 0.1) is 10.9 Å². The van der Waals surface area contributed by atoms with Gasteiger partial charge in [0.25, 0.3) is 0 Å². The van der Waals surface area contributed by atoms with Gasteiger partial charge >= 0.3 is 0 Å². The van der Waals surface area contributed by atoms with Crippen molar-refractivity contribution < 1.29 is 13.2 Å². The number of hydrogen-bond donors (Lipinski definition) is 1. The number of rotatable bonds is 5. The van der Waals surface area contributed by atoms with Crippen LogP contribution in [0.4, 0.5) is 0 Å². The molecule has 0 fully saturated rings. The Balaban J connectivity index is 3.03. The first kappa shape index (κ1) is 18.0. The second kappa shape index (κ2) is 6.81. The molecule has 1 aromatic rings. The largest absolute Gasteiger partial charge is 0.300 e. The number of sulfonamides is 1. The molecule has 4 nitrogen and oxygen atoms in total. The Morgan fingerprint density at radius 1 is 1.25 bits per heavy atom. The van der Waals surface area contributed by atoms with Crippen molar-refractivity contribution in [3.63, 3.8) is 0 Å². The Bertz CT molecular complexity index is 581. The lowest BCUT2D eigenvalue weighted by Crippen LogP contribution is -2.44. The molecular weight excluding hydrogens is 368 g/mol. The van der Waals surface area contributed by atoms with Gasteiger partial charge in [0.2, 0.25) is 13.8 Å². The number of halogens is 4. The fraction of sp³-hybridized carbons (Fsp3) is 0.364. The van der Waals surface area contributed by atoms with Crippen LogP contribution in [0, 0.1) is 0 Å². The molecule has 1 unspecified atom stereocenters. The van der Waals surface area contributed by atoms with E-state index in [0.717, 1.165) is 0 Å². The normalized spacial score (nSPS) is 14.1. The molecule has 1 atom stereocenters. The maximum absolute atomic E-state index is 12.1. The molecular formula is C11H11Cl4NO3S. The average Bonchev–Trinajstić information content (AvgIpc) is 2.26. The van der Waals surface area contributed by atoms with Gasteiger partial charge in [-0.3, -0.25) is 4.79 Å². The first-order valence-electron chi connectivity index (χ1n) is 5.36. The van der Waals surface area contributed by atoms with Crippen LogP contribution in [0.5, 0.6) is 0 Å². The van der Waals surface area contributed by atoms with Gasteiger partial charge in [-0.05, 0) is 31.2 Å². The third-order valence-electron chi connectivity index (χ3n) is 2.31. The summed E-state index contributed by atoms with van der Waals surface area (Å²) in [6.45, 7) is 1.28. The van der Waals surface area contributed by atoms with E-state index < -0.39 is 19.9 Å². The zero-order chi connectivity index (χ0) is 15.6. The van der Waals surface area contributed by atoms with Crippen molar-refractivity contribution in [2.24, 2.45) is 0 Å². The zero-order valence-corrected chi connectivity index (χ0v) is 14.1. The van der Waals surface area contributed by atoms with E-state index in [0.29, 0.717) is 5.02 Å². The van der Waals surface area contributed by atoms with Crippen molar-refractivity contribution in [3.05, 3.63) is 29.3 Å². The quantitative estimate of drug-likeness (QED) is 0.799. The summed E-state index contributed by atoms with van der Waals surface area (Å²) in [4.78, 5) is 11.1. The molecule has 0 aliphatic rings. The smallest absolute Gasteiger partial charge is 0.240 e. The number of alkyl halides is 3. The van der Waals surface area contributed by atoms with Crippen LogP contribution in [-0.4, -0.2) is 24.0 Å². The summed E-state index contributed by atoms with van der Waals surface area (Å²) < 4.78 is 24.6. The Morgan fingerprint density at radius 3 is 2.15 bits per heavy atom. The van der Waals surface area contributed by atoms with Crippen LogP contribution in [0.2, 0.25) is 5.02 Å². The number of Topliss-reactive ketones (excluding diaryl/α,β-unsaturated/α-hetero) is 1. The van der Waals surface area contributed by atoms with Gasteiger partial charge in [-0.25, -0.2) is 13.1 Å². The molecule has 0 saturated heterocycles. The molecule has 0 radical (unpaired) electrons.